The molecular weight excluding hydrogens is 450 g/mol. The van der Waals surface area contributed by atoms with E-state index < -0.39 is 28.5 Å². The third-order valence-electron chi connectivity index (χ3n) is 5.07. The zero-order valence-corrected chi connectivity index (χ0v) is 20.6. The van der Waals surface area contributed by atoms with Crippen molar-refractivity contribution in [3.63, 3.8) is 0 Å². The first kappa shape index (κ1) is 25.7. The molecule has 174 valence electrons. The van der Waals surface area contributed by atoms with Crippen molar-refractivity contribution in [2.45, 2.75) is 40.3 Å². The number of likely N-dealkylation sites (N-methyl/N-ethyl adjacent to an activating group) is 1. The van der Waals surface area contributed by atoms with Crippen LogP contribution in [0.3, 0.4) is 0 Å². The lowest BCUT2D eigenvalue weighted by Gasteiger charge is -2.32. The average Bonchev–Trinajstić information content (AvgIpc) is 2.71. The lowest BCUT2D eigenvalue weighted by atomic mass is 10.1. The van der Waals surface area contributed by atoms with E-state index in [0.717, 1.165) is 27.3 Å². The number of aryl methyl sites for hydroxylation is 2. The number of sulfonamides is 1. The molecule has 7 nitrogen and oxygen atoms in total. The van der Waals surface area contributed by atoms with E-state index in [9.17, 15) is 18.0 Å². The molecule has 2 rings (SSSR count). The molecule has 9 heteroatoms. The van der Waals surface area contributed by atoms with Gasteiger partial charge in [0.25, 0.3) is 0 Å². The monoisotopic (exact) mass is 479 g/mol. The van der Waals surface area contributed by atoms with Crippen molar-refractivity contribution < 1.29 is 18.0 Å². The summed E-state index contributed by atoms with van der Waals surface area (Å²) in [5.41, 5.74) is 2.78. The Labute approximate surface area is 195 Å². The van der Waals surface area contributed by atoms with Crippen LogP contribution in [0.2, 0.25) is 5.02 Å². The number of anilines is 1. The fraction of sp³-hybridized carbons (Fsp3) is 0.391. The summed E-state index contributed by atoms with van der Waals surface area (Å²) in [6.07, 6.45) is 1.07. The highest BCUT2D eigenvalue weighted by Gasteiger charge is 2.30. The lowest BCUT2D eigenvalue weighted by molar-refractivity contribution is -0.139. The highest BCUT2D eigenvalue weighted by atomic mass is 35.5. The number of hydrogen-bond acceptors (Lipinski definition) is 4. The van der Waals surface area contributed by atoms with E-state index in [2.05, 4.69) is 5.32 Å². The van der Waals surface area contributed by atoms with Crippen LogP contribution in [0.4, 0.5) is 5.69 Å². The fourth-order valence-electron chi connectivity index (χ4n) is 3.32. The highest BCUT2D eigenvalue weighted by molar-refractivity contribution is 7.92. The van der Waals surface area contributed by atoms with Crippen LogP contribution in [0.1, 0.15) is 30.5 Å². The molecule has 0 aliphatic rings. The molecule has 2 aromatic rings. The summed E-state index contributed by atoms with van der Waals surface area (Å²) in [6.45, 7) is 7.16. The maximum Gasteiger partial charge on any atom is 0.244 e. The zero-order chi connectivity index (χ0) is 24.1. The van der Waals surface area contributed by atoms with Crippen LogP contribution in [0.25, 0.3) is 0 Å². The zero-order valence-electron chi connectivity index (χ0n) is 19.1. The number of carbonyl (C=O) groups excluding carboxylic acids is 2. The van der Waals surface area contributed by atoms with Gasteiger partial charge in [-0.25, -0.2) is 8.42 Å². The summed E-state index contributed by atoms with van der Waals surface area (Å²) in [4.78, 5) is 27.3. The van der Waals surface area contributed by atoms with Crippen molar-refractivity contribution >= 4 is 39.1 Å². The summed E-state index contributed by atoms with van der Waals surface area (Å²) >= 11 is 6.09. The van der Waals surface area contributed by atoms with Gasteiger partial charge in [0.1, 0.15) is 12.6 Å². The van der Waals surface area contributed by atoms with Gasteiger partial charge in [-0.05, 0) is 62.6 Å². The molecule has 0 fully saturated rings. The molecule has 1 N–H and O–H groups in total. The minimum Gasteiger partial charge on any atom is -0.355 e. The Morgan fingerprint density at radius 3 is 2.41 bits per heavy atom. The van der Waals surface area contributed by atoms with Crippen LogP contribution in [0.5, 0.6) is 0 Å². The second-order valence-electron chi connectivity index (χ2n) is 7.78. The van der Waals surface area contributed by atoms with Crippen molar-refractivity contribution in [2.24, 2.45) is 0 Å². The topological polar surface area (TPSA) is 86.8 Å². The third kappa shape index (κ3) is 6.71. The van der Waals surface area contributed by atoms with E-state index in [1.165, 1.54) is 4.90 Å². The smallest absolute Gasteiger partial charge is 0.244 e. The number of nitrogens with one attached hydrogen (secondary N) is 1. The quantitative estimate of drug-likeness (QED) is 0.598. The molecule has 0 heterocycles. The molecule has 1 unspecified atom stereocenters. The summed E-state index contributed by atoms with van der Waals surface area (Å²) in [6, 6.07) is 11.6. The first-order valence-electron chi connectivity index (χ1n) is 10.3. The summed E-state index contributed by atoms with van der Waals surface area (Å²) in [5, 5.41) is 3.23. The van der Waals surface area contributed by atoms with Gasteiger partial charge < -0.3 is 10.2 Å². The van der Waals surface area contributed by atoms with Crippen LogP contribution in [-0.4, -0.2) is 50.5 Å². The molecule has 32 heavy (non-hydrogen) atoms. The van der Waals surface area contributed by atoms with Crippen LogP contribution in [-0.2, 0) is 26.2 Å². The Morgan fingerprint density at radius 2 is 1.81 bits per heavy atom. The SMILES string of the molecule is CCNC(=O)C(C)N(Cc1cccc(Cl)c1)C(=O)CN(c1cc(C)ccc1C)S(C)(=O)=O. The maximum absolute atomic E-state index is 13.4. The van der Waals surface area contributed by atoms with Crippen molar-refractivity contribution in [1.29, 1.82) is 0 Å². The van der Waals surface area contributed by atoms with Gasteiger partial charge in [0.2, 0.25) is 21.8 Å². The Balaban J connectivity index is 2.43. The van der Waals surface area contributed by atoms with Crippen molar-refractivity contribution in [3.8, 4) is 0 Å². The molecule has 0 bridgehead atoms. The summed E-state index contributed by atoms with van der Waals surface area (Å²) in [7, 11) is -3.76. The molecule has 0 aromatic heterocycles. The predicted octanol–water partition coefficient (Wildman–Crippen LogP) is 3.28. The summed E-state index contributed by atoms with van der Waals surface area (Å²) in [5.74, 6) is -0.810. The van der Waals surface area contributed by atoms with Gasteiger partial charge in [-0.3, -0.25) is 13.9 Å². The molecule has 0 saturated heterocycles. The number of rotatable bonds is 9. The number of hydrogen-bond donors (Lipinski definition) is 1. The molecule has 0 saturated carbocycles. The van der Waals surface area contributed by atoms with Crippen LogP contribution < -0.4 is 9.62 Å². The van der Waals surface area contributed by atoms with Gasteiger partial charge >= 0.3 is 0 Å². The molecule has 0 spiro atoms. The van der Waals surface area contributed by atoms with Crippen LogP contribution in [0, 0.1) is 13.8 Å². The van der Waals surface area contributed by atoms with Crippen molar-refractivity contribution in [3.05, 3.63) is 64.2 Å². The van der Waals surface area contributed by atoms with E-state index in [1.54, 1.807) is 51.1 Å². The molecule has 2 aromatic carbocycles. The number of amides is 2. The van der Waals surface area contributed by atoms with Crippen LogP contribution >= 0.6 is 11.6 Å². The van der Waals surface area contributed by atoms with E-state index >= 15 is 0 Å². The molecule has 0 aliphatic heterocycles. The van der Waals surface area contributed by atoms with Gasteiger partial charge in [0, 0.05) is 18.1 Å². The largest absolute Gasteiger partial charge is 0.355 e. The highest BCUT2D eigenvalue weighted by Crippen LogP contribution is 2.24. The third-order valence-corrected chi connectivity index (χ3v) is 6.43. The van der Waals surface area contributed by atoms with E-state index in [-0.39, 0.29) is 12.5 Å². The first-order chi connectivity index (χ1) is 14.9. The minimum atomic E-state index is -3.76. The standard InChI is InChI=1S/C23H30ClN3O4S/c1-6-25-23(29)18(4)26(14-19-8-7-9-20(24)13-19)22(28)15-27(32(5,30)31)21-12-16(2)10-11-17(21)3/h7-13,18H,6,14-15H2,1-5H3,(H,25,29). The van der Waals surface area contributed by atoms with Crippen molar-refractivity contribution in [2.75, 3.05) is 23.7 Å². The second kappa shape index (κ2) is 10.8. The van der Waals surface area contributed by atoms with E-state index in [0.29, 0.717) is 17.3 Å². The number of nitrogens with zero attached hydrogens (tertiary/aromatic N) is 2. The summed E-state index contributed by atoms with van der Waals surface area (Å²) < 4.78 is 26.3. The van der Waals surface area contributed by atoms with Crippen molar-refractivity contribution in [1.82, 2.24) is 10.2 Å². The molecule has 0 radical (unpaired) electrons. The Morgan fingerprint density at radius 1 is 1.12 bits per heavy atom. The van der Waals surface area contributed by atoms with Gasteiger partial charge in [-0.2, -0.15) is 0 Å². The maximum atomic E-state index is 13.4. The molecule has 2 amide bonds. The second-order valence-corrected chi connectivity index (χ2v) is 10.1. The van der Waals surface area contributed by atoms with E-state index in [1.807, 2.05) is 19.1 Å². The predicted molar refractivity (Wildman–Crippen MR) is 128 cm³/mol. The Kier molecular flexibility index (Phi) is 8.69. The van der Waals surface area contributed by atoms with Gasteiger partial charge in [0.15, 0.2) is 0 Å². The fourth-order valence-corrected chi connectivity index (χ4v) is 4.43. The minimum absolute atomic E-state index is 0.113. The number of halogens is 1. The van der Waals surface area contributed by atoms with Gasteiger partial charge in [0.05, 0.1) is 11.9 Å². The normalized spacial score (nSPS) is 12.2. The Bertz CT molecular complexity index is 1090. The van der Waals surface area contributed by atoms with Gasteiger partial charge in [-0.15, -0.1) is 0 Å². The number of benzene rings is 2. The average molecular weight is 480 g/mol. The first-order valence-corrected chi connectivity index (χ1v) is 12.5. The molecular formula is C23H30ClN3O4S. The molecule has 1 atom stereocenters. The number of carbonyl (C=O) groups is 2. The van der Waals surface area contributed by atoms with Crippen LogP contribution in [0.15, 0.2) is 42.5 Å². The van der Waals surface area contributed by atoms with E-state index in [4.69, 9.17) is 11.6 Å². The van der Waals surface area contributed by atoms with Gasteiger partial charge in [-0.1, -0.05) is 35.9 Å². The molecule has 0 aliphatic carbocycles. The lowest BCUT2D eigenvalue weighted by Crippen LogP contribution is -2.51. The Hall–Kier alpha value is -2.58.